The maximum absolute atomic E-state index is 5.83. The molecule has 0 bridgehead atoms. The number of anilines is 1. The van der Waals surface area contributed by atoms with Gasteiger partial charge in [0.25, 0.3) is 0 Å². The van der Waals surface area contributed by atoms with E-state index in [-0.39, 0.29) is 5.28 Å². The zero-order valence-electron chi connectivity index (χ0n) is 9.22. The Morgan fingerprint density at radius 1 is 1.25 bits per heavy atom. The average Bonchev–Trinajstić information content (AvgIpc) is 2.64. The topological polar surface area (TPSA) is 59.7 Å². The summed E-state index contributed by atoms with van der Waals surface area (Å²) < 4.78 is 1.68. The fraction of sp³-hybridized carbons (Fsp3) is 0.333. The highest BCUT2D eigenvalue weighted by Crippen LogP contribution is 2.16. The average molecular weight is 239 g/mol. The van der Waals surface area contributed by atoms with Gasteiger partial charge in [-0.25, -0.2) is 0 Å². The first-order valence-electron chi connectivity index (χ1n) is 4.65. The van der Waals surface area contributed by atoms with E-state index in [9.17, 15) is 0 Å². The Hall–Kier alpha value is -1.69. The fourth-order valence-corrected chi connectivity index (χ4v) is 1.34. The van der Waals surface area contributed by atoms with Crippen LogP contribution in [0.25, 0.3) is 11.5 Å². The lowest BCUT2D eigenvalue weighted by molar-refractivity contribution is 0.768. The van der Waals surface area contributed by atoms with E-state index in [1.807, 2.05) is 33.4 Å². The van der Waals surface area contributed by atoms with Crippen molar-refractivity contribution < 1.29 is 0 Å². The van der Waals surface area contributed by atoms with Crippen LogP contribution in [0.4, 0.5) is 5.95 Å². The highest BCUT2D eigenvalue weighted by molar-refractivity contribution is 6.28. The van der Waals surface area contributed by atoms with E-state index in [4.69, 9.17) is 11.6 Å². The van der Waals surface area contributed by atoms with E-state index in [2.05, 4.69) is 20.1 Å². The van der Waals surface area contributed by atoms with Crippen molar-refractivity contribution in [3.63, 3.8) is 0 Å². The van der Waals surface area contributed by atoms with Crippen LogP contribution in [-0.2, 0) is 7.05 Å². The molecule has 0 amide bonds. The predicted molar refractivity (Wildman–Crippen MR) is 61.4 cm³/mol. The molecule has 0 fully saturated rings. The Labute approximate surface area is 97.9 Å². The molecule has 0 aliphatic carbocycles. The molecule has 0 atom stereocenters. The van der Waals surface area contributed by atoms with E-state index >= 15 is 0 Å². The van der Waals surface area contributed by atoms with Crippen molar-refractivity contribution in [1.29, 1.82) is 0 Å². The zero-order chi connectivity index (χ0) is 11.7. The number of rotatable bonds is 2. The molecule has 2 rings (SSSR count). The van der Waals surface area contributed by atoms with Crippen LogP contribution in [0.2, 0.25) is 5.28 Å². The second-order valence-electron chi connectivity index (χ2n) is 3.50. The van der Waals surface area contributed by atoms with E-state index in [1.54, 1.807) is 9.58 Å². The first-order valence-corrected chi connectivity index (χ1v) is 5.03. The van der Waals surface area contributed by atoms with Crippen LogP contribution in [0.5, 0.6) is 0 Å². The summed E-state index contributed by atoms with van der Waals surface area (Å²) in [5.41, 5.74) is 0.676. The molecule has 0 aliphatic rings. The number of hydrogen-bond acceptors (Lipinski definition) is 5. The van der Waals surface area contributed by atoms with E-state index in [0.717, 1.165) is 0 Å². The van der Waals surface area contributed by atoms with Crippen molar-refractivity contribution in [3.8, 4) is 11.5 Å². The third-order valence-corrected chi connectivity index (χ3v) is 2.11. The van der Waals surface area contributed by atoms with Gasteiger partial charge in [0.2, 0.25) is 11.2 Å². The van der Waals surface area contributed by atoms with Gasteiger partial charge in [0.05, 0.1) is 0 Å². The largest absolute Gasteiger partial charge is 0.347 e. The highest BCUT2D eigenvalue weighted by atomic mass is 35.5. The van der Waals surface area contributed by atoms with E-state index in [0.29, 0.717) is 17.5 Å². The summed E-state index contributed by atoms with van der Waals surface area (Å²) in [4.78, 5) is 14.1. The number of aromatic nitrogens is 5. The van der Waals surface area contributed by atoms with Crippen LogP contribution in [0.3, 0.4) is 0 Å². The minimum absolute atomic E-state index is 0.166. The summed E-state index contributed by atoms with van der Waals surface area (Å²) in [5.74, 6) is 0.991. The molecule has 0 aliphatic heterocycles. The summed E-state index contributed by atoms with van der Waals surface area (Å²) in [5, 5.41) is 4.38. The van der Waals surface area contributed by atoms with Crippen LogP contribution in [0, 0.1) is 0 Å². The van der Waals surface area contributed by atoms with Crippen LogP contribution in [-0.4, -0.2) is 38.8 Å². The van der Waals surface area contributed by atoms with Gasteiger partial charge in [-0.1, -0.05) is 0 Å². The van der Waals surface area contributed by atoms with Crippen molar-refractivity contribution in [1.82, 2.24) is 24.7 Å². The summed E-state index contributed by atoms with van der Waals surface area (Å²) in [6, 6.07) is 1.82. The molecular formula is C9H11ClN6. The van der Waals surface area contributed by atoms with Gasteiger partial charge in [-0.05, 0) is 17.7 Å². The van der Waals surface area contributed by atoms with Crippen LogP contribution in [0.1, 0.15) is 0 Å². The molecule has 0 aromatic carbocycles. The van der Waals surface area contributed by atoms with Crippen LogP contribution < -0.4 is 4.90 Å². The first kappa shape index (κ1) is 10.8. The monoisotopic (exact) mass is 238 g/mol. The lowest BCUT2D eigenvalue weighted by Gasteiger charge is -2.09. The molecule has 2 heterocycles. The molecule has 16 heavy (non-hydrogen) atoms. The second kappa shape index (κ2) is 4.05. The Morgan fingerprint density at radius 2 is 2.00 bits per heavy atom. The smallest absolute Gasteiger partial charge is 0.229 e. The fourth-order valence-electron chi connectivity index (χ4n) is 1.19. The molecule has 6 nitrogen and oxygen atoms in total. The third-order valence-electron chi connectivity index (χ3n) is 1.94. The quantitative estimate of drug-likeness (QED) is 0.781. The normalized spacial score (nSPS) is 10.5. The summed E-state index contributed by atoms with van der Waals surface area (Å²) >= 11 is 5.83. The molecule has 7 heteroatoms. The zero-order valence-corrected chi connectivity index (χ0v) is 9.97. The molecule has 2 aromatic heterocycles. The van der Waals surface area contributed by atoms with Gasteiger partial charge in [-0.3, -0.25) is 4.68 Å². The van der Waals surface area contributed by atoms with E-state index < -0.39 is 0 Å². The molecule has 0 saturated heterocycles. The van der Waals surface area contributed by atoms with Crippen molar-refractivity contribution in [2.24, 2.45) is 7.05 Å². The SMILES string of the molecule is CN(C)c1nc(Cl)nc(-c2ccn(C)n2)n1. The van der Waals surface area contributed by atoms with Crippen molar-refractivity contribution >= 4 is 17.5 Å². The molecule has 0 saturated carbocycles. The van der Waals surface area contributed by atoms with Gasteiger partial charge in [0, 0.05) is 27.3 Å². The Kier molecular flexibility index (Phi) is 2.74. The summed E-state index contributed by atoms with van der Waals surface area (Å²) in [6.07, 6.45) is 1.82. The minimum Gasteiger partial charge on any atom is -0.347 e. The molecule has 0 unspecified atom stereocenters. The number of aryl methyl sites for hydroxylation is 1. The van der Waals surface area contributed by atoms with Crippen LogP contribution in [0.15, 0.2) is 12.3 Å². The number of nitrogens with zero attached hydrogens (tertiary/aromatic N) is 6. The van der Waals surface area contributed by atoms with Crippen molar-refractivity contribution in [2.45, 2.75) is 0 Å². The maximum Gasteiger partial charge on any atom is 0.229 e. The molecule has 0 radical (unpaired) electrons. The Bertz CT molecular complexity index is 506. The lowest BCUT2D eigenvalue weighted by Crippen LogP contribution is -2.14. The summed E-state index contributed by atoms with van der Waals surface area (Å²) in [6.45, 7) is 0. The van der Waals surface area contributed by atoms with Crippen molar-refractivity contribution in [3.05, 3.63) is 17.5 Å². The Balaban J connectivity index is 2.49. The number of hydrogen-bond donors (Lipinski definition) is 0. The van der Waals surface area contributed by atoms with Gasteiger partial charge in [0.15, 0.2) is 5.82 Å². The molecule has 2 aromatic rings. The van der Waals surface area contributed by atoms with Gasteiger partial charge in [-0.15, -0.1) is 0 Å². The third kappa shape index (κ3) is 2.11. The van der Waals surface area contributed by atoms with Crippen LogP contribution >= 0.6 is 11.6 Å². The lowest BCUT2D eigenvalue weighted by atomic mass is 10.4. The molecular weight excluding hydrogens is 228 g/mol. The highest BCUT2D eigenvalue weighted by Gasteiger charge is 2.10. The molecule has 0 N–H and O–H groups in total. The summed E-state index contributed by atoms with van der Waals surface area (Å²) in [7, 11) is 5.51. The first-order chi connectivity index (χ1) is 7.56. The van der Waals surface area contributed by atoms with E-state index in [1.165, 1.54) is 0 Å². The van der Waals surface area contributed by atoms with Crippen molar-refractivity contribution in [2.75, 3.05) is 19.0 Å². The van der Waals surface area contributed by atoms with Gasteiger partial charge in [0.1, 0.15) is 5.69 Å². The number of halogens is 1. The predicted octanol–water partition coefficient (Wildman–Crippen LogP) is 0.991. The maximum atomic E-state index is 5.83. The standard InChI is InChI=1S/C9H11ClN6/c1-15(2)9-12-7(11-8(10)13-9)6-4-5-16(3)14-6/h4-5H,1-3H3. The van der Waals surface area contributed by atoms with Gasteiger partial charge >= 0.3 is 0 Å². The molecule has 0 spiro atoms. The second-order valence-corrected chi connectivity index (χ2v) is 3.84. The molecule has 84 valence electrons. The Morgan fingerprint density at radius 3 is 2.56 bits per heavy atom. The van der Waals surface area contributed by atoms with Gasteiger partial charge < -0.3 is 4.90 Å². The minimum atomic E-state index is 0.166. The van der Waals surface area contributed by atoms with Gasteiger partial charge in [-0.2, -0.15) is 20.1 Å².